The van der Waals surface area contributed by atoms with Crippen molar-refractivity contribution in [2.24, 2.45) is 0 Å². The minimum Gasteiger partial charge on any atom is -0.350 e. The van der Waals surface area contributed by atoms with Crippen molar-refractivity contribution < 1.29 is 18.8 Å². The highest BCUT2D eigenvalue weighted by atomic mass is 19.1. The van der Waals surface area contributed by atoms with Gasteiger partial charge in [-0.2, -0.15) is 0 Å². The van der Waals surface area contributed by atoms with Crippen LogP contribution in [0.2, 0.25) is 0 Å². The molecule has 1 aromatic carbocycles. The summed E-state index contributed by atoms with van der Waals surface area (Å²) < 4.78 is 21.1. The van der Waals surface area contributed by atoms with Crippen LogP contribution >= 0.6 is 0 Å². The fraction of sp³-hybridized carbons (Fsp3) is 0.417. The first-order valence-corrected chi connectivity index (χ1v) is 11.1. The van der Waals surface area contributed by atoms with Crippen LogP contribution in [0.3, 0.4) is 0 Å². The number of amides is 1. The second-order valence-corrected chi connectivity index (χ2v) is 8.34. The Bertz CT molecular complexity index is 1120. The summed E-state index contributed by atoms with van der Waals surface area (Å²) in [6, 6.07) is 6.52. The first-order valence-electron chi connectivity index (χ1n) is 11.1. The molecule has 0 radical (unpaired) electrons. The molecule has 5 rings (SSSR count). The maximum Gasteiger partial charge on any atom is 0.296 e. The molecule has 8 heteroatoms. The van der Waals surface area contributed by atoms with E-state index in [9.17, 15) is 9.18 Å². The molecule has 1 N–H and O–H groups in total. The standard InChI is InChI=1S/C24H27FN4O3/c1-26-12-17-15-28(14-16-5-7-18(25)8-6-16)20-13-27-23-19(22(17)20)9-10-29(24(23)30)32-21-4-2-3-11-31-21/h5-8,13,15,21,26H,2-4,9-12,14H2,1H3. The van der Waals surface area contributed by atoms with Crippen molar-refractivity contribution in [1.82, 2.24) is 19.9 Å². The van der Waals surface area contributed by atoms with E-state index in [1.807, 2.05) is 7.05 Å². The summed E-state index contributed by atoms with van der Waals surface area (Å²) >= 11 is 0. The lowest BCUT2D eigenvalue weighted by molar-refractivity contribution is -0.267. The van der Waals surface area contributed by atoms with Crippen molar-refractivity contribution in [2.75, 3.05) is 20.2 Å². The number of nitrogens with zero attached hydrogens (tertiary/aromatic N) is 3. The number of nitrogens with one attached hydrogen (secondary N) is 1. The zero-order chi connectivity index (χ0) is 22.1. The van der Waals surface area contributed by atoms with Gasteiger partial charge in [0.1, 0.15) is 11.5 Å². The highest BCUT2D eigenvalue weighted by molar-refractivity contribution is 6.00. The number of ether oxygens (including phenoxy) is 1. The Hall–Kier alpha value is -2.81. The fourth-order valence-corrected chi connectivity index (χ4v) is 4.58. The number of pyridine rings is 1. The monoisotopic (exact) mass is 438 g/mol. The molecule has 1 amide bonds. The third-order valence-electron chi connectivity index (χ3n) is 6.11. The zero-order valence-corrected chi connectivity index (χ0v) is 18.1. The molecule has 2 aliphatic heterocycles. The Balaban J connectivity index is 1.48. The average Bonchev–Trinajstić information content (AvgIpc) is 3.15. The Morgan fingerprint density at radius 3 is 2.88 bits per heavy atom. The zero-order valence-electron chi connectivity index (χ0n) is 18.1. The van der Waals surface area contributed by atoms with Crippen molar-refractivity contribution in [3.63, 3.8) is 0 Å². The van der Waals surface area contributed by atoms with Gasteiger partial charge in [0.2, 0.25) is 0 Å². The van der Waals surface area contributed by atoms with Crippen molar-refractivity contribution in [3.05, 3.63) is 64.9 Å². The summed E-state index contributed by atoms with van der Waals surface area (Å²) in [6.07, 6.45) is 7.01. The Morgan fingerprint density at radius 2 is 2.12 bits per heavy atom. The number of carbonyl (C=O) groups excluding carboxylic acids is 1. The molecule has 1 saturated heterocycles. The van der Waals surface area contributed by atoms with Crippen molar-refractivity contribution >= 4 is 16.8 Å². The van der Waals surface area contributed by atoms with Crippen LogP contribution in [0, 0.1) is 5.82 Å². The molecule has 0 bridgehead atoms. The molecule has 4 heterocycles. The summed E-state index contributed by atoms with van der Waals surface area (Å²) in [4.78, 5) is 23.6. The van der Waals surface area contributed by atoms with Gasteiger partial charge in [-0.1, -0.05) is 12.1 Å². The molecule has 7 nitrogen and oxygen atoms in total. The topological polar surface area (TPSA) is 68.6 Å². The molecule has 3 aromatic rings. The Labute approximate surface area is 186 Å². The van der Waals surface area contributed by atoms with Crippen LogP contribution < -0.4 is 5.32 Å². The summed E-state index contributed by atoms with van der Waals surface area (Å²) in [5.41, 5.74) is 4.48. The van der Waals surface area contributed by atoms with E-state index in [0.29, 0.717) is 38.4 Å². The van der Waals surface area contributed by atoms with Gasteiger partial charge in [-0.05, 0) is 55.1 Å². The number of fused-ring (bicyclic) bond motifs is 3. The van der Waals surface area contributed by atoms with Crippen LogP contribution in [0.25, 0.3) is 10.9 Å². The van der Waals surface area contributed by atoms with E-state index >= 15 is 0 Å². The number of carbonyl (C=O) groups is 1. The molecule has 0 aliphatic carbocycles. The van der Waals surface area contributed by atoms with Crippen molar-refractivity contribution in [1.29, 1.82) is 0 Å². The lowest BCUT2D eigenvalue weighted by Crippen LogP contribution is -2.42. The van der Waals surface area contributed by atoms with Crippen LogP contribution in [-0.2, 0) is 29.1 Å². The minimum absolute atomic E-state index is 0.219. The van der Waals surface area contributed by atoms with E-state index in [4.69, 9.17) is 9.57 Å². The summed E-state index contributed by atoms with van der Waals surface area (Å²) in [7, 11) is 1.90. The maximum atomic E-state index is 13.3. The number of rotatable bonds is 6. The Kier molecular flexibility index (Phi) is 5.91. The molecule has 2 aliphatic rings. The lowest BCUT2D eigenvalue weighted by atomic mass is 9.99. The number of benzene rings is 1. The average molecular weight is 439 g/mol. The molecule has 168 valence electrons. The van der Waals surface area contributed by atoms with Gasteiger partial charge in [0.15, 0.2) is 6.29 Å². The van der Waals surface area contributed by atoms with Crippen LogP contribution in [0.15, 0.2) is 36.7 Å². The van der Waals surface area contributed by atoms with Crippen molar-refractivity contribution in [2.45, 2.75) is 45.1 Å². The van der Waals surface area contributed by atoms with E-state index in [2.05, 4.69) is 21.1 Å². The summed E-state index contributed by atoms with van der Waals surface area (Å²) in [5.74, 6) is -0.467. The van der Waals surface area contributed by atoms with Gasteiger partial charge in [-0.3, -0.25) is 4.79 Å². The second kappa shape index (κ2) is 8.97. The van der Waals surface area contributed by atoms with E-state index < -0.39 is 0 Å². The molecule has 2 aromatic heterocycles. The fourth-order valence-electron chi connectivity index (χ4n) is 4.58. The van der Waals surface area contributed by atoms with Crippen LogP contribution in [0.1, 0.15) is 46.4 Å². The predicted molar refractivity (Wildman–Crippen MR) is 117 cm³/mol. The third kappa shape index (κ3) is 4.01. The second-order valence-electron chi connectivity index (χ2n) is 8.34. The minimum atomic E-state index is -0.366. The van der Waals surface area contributed by atoms with E-state index in [-0.39, 0.29) is 18.0 Å². The van der Waals surface area contributed by atoms with E-state index in [1.54, 1.807) is 18.3 Å². The first-order chi connectivity index (χ1) is 15.6. The SMILES string of the molecule is CNCc1cn(Cc2ccc(F)cc2)c2cnc3c(c12)CCN(OC1CCCCO1)C3=O. The quantitative estimate of drug-likeness (QED) is 0.639. The van der Waals surface area contributed by atoms with Crippen LogP contribution in [0.4, 0.5) is 4.39 Å². The molecule has 0 spiro atoms. The number of halogens is 1. The highest BCUT2D eigenvalue weighted by Crippen LogP contribution is 2.31. The van der Waals surface area contributed by atoms with Crippen LogP contribution in [0.5, 0.6) is 0 Å². The predicted octanol–water partition coefficient (Wildman–Crippen LogP) is 3.40. The first kappa shape index (κ1) is 21.1. The van der Waals surface area contributed by atoms with Gasteiger partial charge >= 0.3 is 0 Å². The molecular formula is C24H27FN4O3. The molecule has 1 unspecified atom stereocenters. The van der Waals surface area contributed by atoms with Crippen molar-refractivity contribution in [3.8, 4) is 0 Å². The number of hydrogen-bond donors (Lipinski definition) is 1. The van der Waals surface area contributed by atoms with Gasteiger partial charge in [0.25, 0.3) is 5.91 Å². The van der Waals surface area contributed by atoms with Gasteiger partial charge in [-0.15, -0.1) is 0 Å². The van der Waals surface area contributed by atoms with Gasteiger partial charge in [-0.25, -0.2) is 19.3 Å². The van der Waals surface area contributed by atoms with E-state index in [0.717, 1.165) is 46.9 Å². The number of hydroxylamine groups is 2. The molecule has 1 fully saturated rings. The molecule has 32 heavy (non-hydrogen) atoms. The smallest absolute Gasteiger partial charge is 0.296 e. The lowest BCUT2D eigenvalue weighted by Gasteiger charge is -2.32. The number of aromatic nitrogens is 2. The van der Waals surface area contributed by atoms with Gasteiger partial charge in [0.05, 0.1) is 18.3 Å². The largest absolute Gasteiger partial charge is 0.350 e. The molecule has 1 atom stereocenters. The normalized spacial score (nSPS) is 18.9. The van der Waals surface area contributed by atoms with Gasteiger partial charge in [0, 0.05) is 37.7 Å². The molecular weight excluding hydrogens is 411 g/mol. The summed E-state index contributed by atoms with van der Waals surface area (Å²) in [5, 5.41) is 5.69. The highest BCUT2D eigenvalue weighted by Gasteiger charge is 2.32. The van der Waals surface area contributed by atoms with Gasteiger partial charge < -0.3 is 14.6 Å². The number of hydrogen-bond acceptors (Lipinski definition) is 5. The maximum absolute atomic E-state index is 13.3. The Morgan fingerprint density at radius 1 is 1.28 bits per heavy atom. The summed E-state index contributed by atoms with van der Waals surface area (Å²) in [6.45, 7) is 2.41. The van der Waals surface area contributed by atoms with E-state index in [1.165, 1.54) is 17.2 Å². The molecule has 0 saturated carbocycles. The third-order valence-corrected chi connectivity index (χ3v) is 6.11. The van der Waals surface area contributed by atoms with Crippen LogP contribution in [-0.4, -0.2) is 47.0 Å².